The third-order valence-corrected chi connectivity index (χ3v) is 4.51. The van der Waals surface area contributed by atoms with E-state index in [1.807, 2.05) is 6.07 Å². The van der Waals surface area contributed by atoms with E-state index in [9.17, 15) is 4.39 Å². The Kier molecular flexibility index (Phi) is 5.72. The summed E-state index contributed by atoms with van der Waals surface area (Å²) in [5.41, 5.74) is 0.379. The molecular weight excluding hydrogens is 431 g/mol. The zero-order chi connectivity index (χ0) is 17.8. The van der Waals surface area contributed by atoms with Gasteiger partial charge in [0.2, 0.25) is 0 Å². The number of halogens is 3. The molecule has 0 saturated heterocycles. The van der Waals surface area contributed by atoms with Crippen molar-refractivity contribution >= 4 is 50.7 Å². The first kappa shape index (κ1) is 17.9. The molecule has 1 aromatic carbocycles. The molecule has 5 nitrogen and oxygen atoms in total. The van der Waals surface area contributed by atoms with Crippen molar-refractivity contribution in [3.05, 3.63) is 69.4 Å². The third-order valence-electron chi connectivity index (χ3n) is 3.33. The van der Waals surface area contributed by atoms with E-state index in [2.05, 4.69) is 31.7 Å². The quantitative estimate of drug-likeness (QED) is 0.566. The standard InChI is InChI=1S/C16H13BrClFN4OS/c17-12-9-23(8-11-13(18)4-1-5-14(11)19)22-15(12)21-16(25)20-7-10-3-2-6-24-10/h1-6,9H,7-8H2,(H2,20,21,22,25). The topological polar surface area (TPSA) is 55.0 Å². The smallest absolute Gasteiger partial charge is 0.172 e. The van der Waals surface area contributed by atoms with Crippen molar-refractivity contribution in [2.24, 2.45) is 0 Å². The Hall–Kier alpha value is -1.90. The molecular formula is C16H13BrClFN4OS. The Morgan fingerprint density at radius 1 is 1.36 bits per heavy atom. The average molecular weight is 444 g/mol. The summed E-state index contributed by atoms with van der Waals surface area (Å²) >= 11 is 14.7. The lowest BCUT2D eigenvalue weighted by Crippen LogP contribution is -2.28. The van der Waals surface area contributed by atoms with E-state index in [4.69, 9.17) is 28.2 Å². The fourth-order valence-electron chi connectivity index (χ4n) is 2.14. The first-order valence-electron chi connectivity index (χ1n) is 7.26. The van der Waals surface area contributed by atoms with Gasteiger partial charge in [0.1, 0.15) is 11.6 Å². The van der Waals surface area contributed by atoms with Crippen molar-refractivity contribution in [1.82, 2.24) is 15.1 Å². The van der Waals surface area contributed by atoms with Crippen LogP contribution in [-0.2, 0) is 13.1 Å². The summed E-state index contributed by atoms with van der Waals surface area (Å²) in [4.78, 5) is 0. The zero-order valence-corrected chi connectivity index (χ0v) is 16.0. The van der Waals surface area contributed by atoms with Gasteiger partial charge >= 0.3 is 0 Å². The SMILES string of the molecule is Fc1cccc(Cl)c1Cn1cc(Br)c(NC(=S)NCc2ccco2)n1. The highest BCUT2D eigenvalue weighted by Crippen LogP contribution is 2.24. The molecule has 130 valence electrons. The predicted octanol–water partition coefficient (Wildman–Crippen LogP) is 4.57. The number of nitrogens with one attached hydrogen (secondary N) is 2. The van der Waals surface area contributed by atoms with Gasteiger partial charge in [0.15, 0.2) is 10.9 Å². The maximum Gasteiger partial charge on any atom is 0.172 e. The second-order valence-corrected chi connectivity index (χ2v) is 6.78. The maximum atomic E-state index is 13.9. The van der Waals surface area contributed by atoms with Crippen LogP contribution in [0.25, 0.3) is 0 Å². The summed E-state index contributed by atoms with van der Waals surface area (Å²) in [6, 6.07) is 8.23. The molecule has 0 radical (unpaired) electrons. The van der Waals surface area contributed by atoms with E-state index in [-0.39, 0.29) is 12.4 Å². The lowest BCUT2D eigenvalue weighted by molar-refractivity contribution is 0.503. The van der Waals surface area contributed by atoms with E-state index in [1.165, 1.54) is 6.07 Å². The van der Waals surface area contributed by atoms with Crippen LogP contribution >= 0.6 is 39.7 Å². The van der Waals surface area contributed by atoms with Crippen LogP contribution in [-0.4, -0.2) is 14.9 Å². The van der Waals surface area contributed by atoms with Gasteiger partial charge in [-0.25, -0.2) is 4.39 Å². The molecule has 0 amide bonds. The number of benzene rings is 1. The van der Waals surface area contributed by atoms with E-state index in [1.54, 1.807) is 35.3 Å². The number of aromatic nitrogens is 2. The summed E-state index contributed by atoms with van der Waals surface area (Å²) in [5, 5.41) is 11.1. The second-order valence-electron chi connectivity index (χ2n) is 5.11. The molecule has 0 atom stereocenters. The molecule has 3 rings (SSSR count). The number of anilines is 1. The minimum Gasteiger partial charge on any atom is -0.467 e. The second kappa shape index (κ2) is 7.99. The van der Waals surface area contributed by atoms with Crippen molar-refractivity contribution in [3.8, 4) is 0 Å². The minimum absolute atomic E-state index is 0.207. The Morgan fingerprint density at radius 2 is 2.20 bits per heavy atom. The van der Waals surface area contributed by atoms with Crippen LogP contribution < -0.4 is 10.6 Å². The fourth-order valence-corrected chi connectivity index (χ4v) is 2.95. The molecule has 3 aromatic rings. The normalized spacial score (nSPS) is 10.7. The number of nitrogens with zero attached hydrogens (tertiary/aromatic N) is 2. The number of rotatable bonds is 5. The molecule has 0 saturated carbocycles. The highest BCUT2D eigenvalue weighted by atomic mass is 79.9. The lowest BCUT2D eigenvalue weighted by Gasteiger charge is -2.08. The molecule has 0 fully saturated rings. The van der Waals surface area contributed by atoms with Gasteiger partial charge in [0.05, 0.1) is 23.8 Å². The van der Waals surface area contributed by atoms with Crippen molar-refractivity contribution < 1.29 is 8.81 Å². The summed E-state index contributed by atoms with van der Waals surface area (Å²) < 4.78 is 21.4. The number of hydrogen-bond acceptors (Lipinski definition) is 3. The highest BCUT2D eigenvalue weighted by molar-refractivity contribution is 9.10. The van der Waals surface area contributed by atoms with E-state index in [0.29, 0.717) is 32.5 Å². The molecule has 0 aliphatic rings. The molecule has 0 aliphatic carbocycles. The summed E-state index contributed by atoms with van der Waals surface area (Å²) in [6.07, 6.45) is 3.32. The minimum atomic E-state index is -0.371. The van der Waals surface area contributed by atoms with Crippen LogP contribution in [0.4, 0.5) is 10.2 Å². The number of thiocarbonyl (C=S) groups is 1. The predicted molar refractivity (Wildman–Crippen MR) is 102 cm³/mol. The van der Waals surface area contributed by atoms with Gasteiger partial charge in [0, 0.05) is 16.8 Å². The van der Waals surface area contributed by atoms with E-state index < -0.39 is 0 Å². The van der Waals surface area contributed by atoms with Crippen LogP contribution in [0, 0.1) is 5.82 Å². The maximum absolute atomic E-state index is 13.9. The monoisotopic (exact) mass is 442 g/mol. The Labute approximate surface area is 162 Å². The van der Waals surface area contributed by atoms with Crippen molar-refractivity contribution in [1.29, 1.82) is 0 Å². The van der Waals surface area contributed by atoms with Gasteiger partial charge < -0.3 is 15.1 Å². The van der Waals surface area contributed by atoms with Gasteiger partial charge in [-0.3, -0.25) is 4.68 Å². The Balaban J connectivity index is 1.65. The first-order chi connectivity index (χ1) is 12.0. The third kappa shape index (κ3) is 4.59. The first-order valence-corrected chi connectivity index (χ1v) is 8.84. The summed E-state index contributed by atoms with van der Waals surface area (Å²) in [6.45, 7) is 0.667. The lowest BCUT2D eigenvalue weighted by atomic mass is 10.2. The summed E-state index contributed by atoms with van der Waals surface area (Å²) in [7, 11) is 0. The van der Waals surface area contributed by atoms with E-state index in [0.717, 1.165) is 5.76 Å². The molecule has 9 heteroatoms. The highest BCUT2D eigenvalue weighted by Gasteiger charge is 2.12. The van der Waals surface area contributed by atoms with Gasteiger partial charge in [0.25, 0.3) is 0 Å². The zero-order valence-electron chi connectivity index (χ0n) is 12.8. The van der Waals surface area contributed by atoms with Crippen LogP contribution in [0.5, 0.6) is 0 Å². The Bertz CT molecular complexity index is 864. The molecule has 0 unspecified atom stereocenters. The molecule has 0 bridgehead atoms. The van der Waals surface area contributed by atoms with Crippen LogP contribution in [0.15, 0.2) is 51.7 Å². The molecule has 2 aromatic heterocycles. The van der Waals surface area contributed by atoms with Crippen LogP contribution in [0.2, 0.25) is 5.02 Å². The molecule has 0 aliphatic heterocycles. The molecule has 2 N–H and O–H groups in total. The van der Waals surface area contributed by atoms with E-state index >= 15 is 0 Å². The Morgan fingerprint density at radius 3 is 2.92 bits per heavy atom. The van der Waals surface area contributed by atoms with Crippen LogP contribution in [0.1, 0.15) is 11.3 Å². The number of furan rings is 1. The largest absolute Gasteiger partial charge is 0.467 e. The van der Waals surface area contributed by atoms with Gasteiger partial charge in [-0.15, -0.1) is 0 Å². The molecule has 2 heterocycles. The average Bonchev–Trinajstić information content (AvgIpc) is 3.20. The number of hydrogen-bond donors (Lipinski definition) is 2. The van der Waals surface area contributed by atoms with Crippen molar-refractivity contribution in [2.75, 3.05) is 5.32 Å². The van der Waals surface area contributed by atoms with Crippen LogP contribution in [0.3, 0.4) is 0 Å². The summed E-state index contributed by atoms with van der Waals surface area (Å²) in [5.74, 6) is 0.914. The molecule has 0 spiro atoms. The van der Waals surface area contributed by atoms with Gasteiger partial charge in [-0.1, -0.05) is 17.7 Å². The van der Waals surface area contributed by atoms with Crippen molar-refractivity contribution in [2.45, 2.75) is 13.1 Å². The van der Waals surface area contributed by atoms with Crippen molar-refractivity contribution in [3.63, 3.8) is 0 Å². The van der Waals surface area contributed by atoms with Gasteiger partial charge in [-0.2, -0.15) is 5.10 Å². The molecule has 25 heavy (non-hydrogen) atoms. The van der Waals surface area contributed by atoms with Gasteiger partial charge in [-0.05, 0) is 52.4 Å². The fraction of sp³-hybridized carbons (Fsp3) is 0.125.